The molecule has 1 fully saturated rings. The van der Waals surface area contributed by atoms with Crippen LogP contribution in [0.15, 0.2) is 66.0 Å². The summed E-state index contributed by atoms with van der Waals surface area (Å²) in [6.45, 7) is 0.608. The zero-order valence-electron chi connectivity index (χ0n) is 20.9. The molecular weight excluding hydrogens is 526 g/mol. The predicted molar refractivity (Wildman–Crippen MR) is 139 cm³/mol. The molecule has 1 aliphatic rings. The summed E-state index contributed by atoms with van der Waals surface area (Å²) >= 11 is 1.44. The van der Waals surface area contributed by atoms with Crippen LogP contribution >= 0.6 is 11.3 Å². The van der Waals surface area contributed by atoms with Gasteiger partial charge in [0.1, 0.15) is 24.2 Å². The third kappa shape index (κ3) is 6.70. The van der Waals surface area contributed by atoms with E-state index in [2.05, 4.69) is 20.7 Å². The molecule has 202 valence electrons. The number of hydrogen-bond acceptors (Lipinski definition) is 7. The Hall–Kier alpha value is -4.03. The summed E-state index contributed by atoms with van der Waals surface area (Å²) in [6.07, 6.45) is 1.62. The minimum absolute atomic E-state index is 0.0129. The number of halogens is 2. The number of aromatic nitrogens is 4. The fraction of sp³-hybridized carbons (Fsp3) is 0.296. The van der Waals surface area contributed by atoms with Crippen molar-refractivity contribution < 1.29 is 23.1 Å². The normalized spacial score (nSPS) is 15.7. The Morgan fingerprint density at radius 2 is 1.85 bits per heavy atom. The van der Waals surface area contributed by atoms with Crippen molar-refractivity contribution >= 4 is 23.2 Å². The van der Waals surface area contributed by atoms with Crippen LogP contribution in [0, 0.1) is 11.6 Å². The van der Waals surface area contributed by atoms with E-state index >= 15 is 0 Å². The van der Waals surface area contributed by atoms with Gasteiger partial charge in [-0.2, -0.15) is 4.80 Å². The summed E-state index contributed by atoms with van der Waals surface area (Å²) in [4.78, 5) is 30.7. The molecule has 0 unspecified atom stereocenters. The first-order valence-electron chi connectivity index (χ1n) is 12.5. The van der Waals surface area contributed by atoms with Gasteiger partial charge in [-0.15, -0.1) is 21.5 Å². The van der Waals surface area contributed by atoms with Gasteiger partial charge in [-0.05, 0) is 64.9 Å². The number of carbonyl (C=O) groups is 2. The van der Waals surface area contributed by atoms with Gasteiger partial charge < -0.3 is 15.0 Å². The van der Waals surface area contributed by atoms with Gasteiger partial charge in [0.15, 0.2) is 0 Å². The van der Waals surface area contributed by atoms with Gasteiger partial charge in [-0.3, -0.25) is 9.59 Å². The lowest BCUT2D eigenvalue weighted by molar-refractivity contribution is -0.142. The van der Waals surface area contributed by atoms with Crippen LogP contribution < -0.4 is 5.32 Å². The highest BCUT2D eigenvalue weighted by molar-refractivity contribution is 7.13. The van der Waals surface area contributed by atoms with Crippen molar-refractivity contribution in [1.29, 1.82) is 0 Å². The van der Waals surface area contributed by atoms with Crippen molar-refractivity contribution in [3.63, 3.8) is 0 Å². The maximum atomic E-state index is 13.8. The average molecular weight is 553 g/mol. The number of carbonyl (C=O) groups excluding carboxylic acids is 2. The van der Waals surface area contributed by atoms with E-state index in [1.165, 1.54) is 57.4 Å². The van der Waals surface area contributed by atoms with Crippen molar-refractivity contribution in [2.75, 3.05) is 13.2 Å². The maximum absolute atomic E-state index is 13.8. The lowest BCUT2D eigenvalue weighted by Crippen LogP contribution is -2.46. The number of rotatable bonds is 10. The van der Waals surface area contributed by atoms with Gasteiger partial charge in [0.25, 0.3) is 0 Å². The van der Waals surface area contributed by atoms with Crippen LogP contribution in [0.2, 0.25) is 0 Å². The summed E-state index contributed by atoms with van der Waals surface area (Å²) in [5.74, 6) is -1.43. The van der Waals surface area contributed by atoms with E-state index in [9.17, 15) is 18.4 Å². The summed E-state index contributed by atoms with van der Waals surface area (Å²) in [5.41, 5.74) is 1.03. The quantitative estimate of drug-likeness (QED) is 0.322. The molecule has 5 rings (SSSR count). The van der Waals surface area contributed by atoms with Crippen LogP contribution in [0.4, 0.5) is 8.78 Å². The van der Waals surface area contributed by atoms with E-state index in [0.717, 1.165) is 17.7 Å². The Labute approximate surface area is 227 Å². The molecule has 4 aromatic rings. The first-order chi connectivity index (χ1) is 19.0. The lowest BCUT2D eigenvalue weighted by atomic mass is 10.0. The molecule has 1 saturated heterocycles. The summed E-state index contributed by atoms with van der Waals surface area (Å²) in [6, 6.07) is 13.7. The second-order valence-electron chi connectivity index (χ2n) is 9.10. The summed E-state index contributed by atoms with van der Waals surface area (Å²) in [5, 5.41) is 17.1. The van der Waals surface area contributed by atoms with Crippen molar-refractivity contribution in [3.8, 4) is 10.7 Å². The predicted octanol–water partition coefficient (Wildman–Crippen LogP) is 3.75. The molecule has 9 nitrogen and oxygen atoms in total. The molecule has 3 heterocycles. The van der Waals surface area contributed by atoms with Crippen molar-refractivity contribution in [2.24, 2.45) is 0 Å². The smallest absolute Gasteiger partial charge is 0.247 e. The molecule has 2 aromatic heterocycles. The third-order valence-electron chi connectivity index (χ3n) is 6.33. The minimum Gasteiger partial charge on any atom is -0.376 e. The van der Waals surface area contributed by atoms with E-state index in [0.29, 0.717) is 23.6 Å². The molecule has 1 aliphatic heterocycles. The van der Waals surface area contributed by atoms with E-state index in [1.807, 2.05) is 17.5 Å². The molecule has 2 atom stereocenters. The minimum atomic E-state index is -1.11. The SMILES string of the molecule is O=C(NC[C@H]1CCCO1)[C@H](c1ccc(F)cc1)N(Cc1ccc(F)cc1)C(=O)Cn1nnc(-c2cccs2)n1. The number of hydrogen-bond donors (Lipinski definition) is 1. The van der Waals surface area contributed by atoms with Gasteiger partial charge in [-0.1, -0.05) is 30.3 Å². The van der Waals surface area contributed by atoms with Crippen molar-refractivity contribution in [3.05, 3.63) is 88.8 Å². The lowest BCUT2D eigenvalue weighted by Gasteiger charge is -2.31. The summed E-state index contributed by atoms with van der Waals surface area (Å²) in [7, 11) is 0. The molecule has 39 heavy (non-hydrogen) atoms. The Bertz CT molecular complexity index is 1390. The van der Waals surface area contributed by atoms with Gasteiger partial charge in [0, 0.05) is 19.7 Å². The highest BCUT2D eigenvalue weighted by Crippen LogP contribution is 2.26. The number of nitrogens with one attached hydrogen (secondary N) is 1. The Morgan fingerprint density at radius 1 is 1.10 bits per heavy atom. The van der Waals surface area contributed by atoms with Gasteiger partial charge in [-0.25, -0.2) is 8.78 Å². The highest BCUT2D eigenvalue weighted by atomic mass is 32.1. The fourth-order valence-corrected chi connectivity index (χ4v) is 5.02. The zero-order chi connectivity index (χ0) is 27.2. The summed E-state index contributed by atoms with van der Waals surface area (Å²) < 4.78 is 33.0. The fourth-order valence-electron chi connectivity index (χ4n) is 4.37. The largest absolute Gasteiger partial charge is 0.376 e. The number of tetrazole rings is 1. The van der Waals surface area contributed by atoms with E-state index in [1.54, 1.807) is 12.1 Å². The molecular formula is C27H26F2N6O3S. The Kier molecular flexibility index (Phi) is 8.33. The van der Waals surface area contributed by atoms with Crippen LogP contribution in [0.5, 0.6) is 0 Å². The Balaban J connectivity index is 1.45. The number of benzene rings is 2. The average Bonchev–Trinajstić information content (AvgIpc) is 3.72. The van der Waals surface area contributed by atoms with Crippen LogP contribution in [-0.4, -0.2) is 56.2 Å². The molecule has 1 N–H and O–H groups in total. The first-order valence-corrected chi connectivity index (χ1v) is 13.3. The van der Waals surface area contributed by atoms with Gasteiger partial charge in [0.2, 0.25) is 17.6 Å². The number of ether oxygens (including phenoxy) is 1. The van der Waals surface area contributed by atoms with Crippen LogP contribution in [-0.2, 0) is 27.4 Å². The standard InChI is InChI=1S/C27H26F2N6O3S/c28-20-9-5-18(6-10-20)16-34(24(36)17-35-32-26(31-33-35)23-4-2-14-39-23)25(19-7-11-21(29)12-8-19)27(37)30-15-22-3-1-13-38-22/h2,4-12,14,22,25H,1,3,13,15-17H2,(H,30,37)/t22-,25+/m1/s1. The number of nitrogens with zero attached hydrogens (tertiary/aromatic N) is 5. The molecule has 0 bridgehead atoms. The molecule has 2 aromatic carbocycles. The monoisotopic (exact) mass is 552 g/mol. The zero-order valence-corrected chi connectivity index (χ0v) is 21.7. The van der Waals surface area contributed by atoms with Crippen LogP contribution in [0.25, 0.3) is 10.7 Å². The first kappa shape index (κ1) is 26.6. The van der Waals surface area contributed by atoms with Crippen molar-refractivity contribution in [2.45, 2.75) is 38.1 Å². The number of amides is 2. The molecule has 0 spiro atoms. The molecule has 0 saturated carbocycles. The van der Waals surface area contributed by atoms with Crippen LogP contribution in [0.3, 0.4) is 0 Å². The van der Waals surface area contributed by atoms with E-state index in [-0.39, 0.29) is 25.7 Å². The molecule has 0 radical (unpaired) electrons. The maximum Gasteiger partial charge on any atom is 0.247 e. The van der Waals surface area contributed by atoms with E-state index in [4.69, 9.17) is 4.74 Å². The highest BCUT2D eigenvalue weighted by Gasteiger charge is 2.33. The molecule has 12 heteroatoms. The second-order valence-corrected chi connectivity index (χ2v) is 10.1. The van der Waals surface area contributed by atoms with Gasteiger partial charge in [0.05, 0.1) is 11.0 Å². The van der Waals surface area contributed by atoms with Crippen LogP contribution in [0.1, 0.15) is 30.0 Å². The number of thiophene rings is 1. The third-order valence-corrected chi connectivity index (χ3v) is 7.20. The molecule has 0 aliphatic carbocycles. The van der Waals surface area contributed by atoms with Gasteiger partial charge >= 0.3 is 0 Å². The second kappa shape index (κ2) is 12.2. The Morgan fingerprint density at radius 3 is 2.51 bits per heavy atom. The topological polar surface area (TPSA) is 102 Å². The van der Waals surface area contributed by atoms with E-state index < -0.39 is 29.5 Å². The molecule has 2 amide bonds. The van der Waals surface area contributed by atoms with Crippen molar-refractivity contribution in [1.82, 2.24) is 30.4 Å².